The van der Waals surface area contributed by atoms with Gasteiger partial charge in [0.1, 0.15) is 5.82 Å². The van der Waals surface area contributed by atoms with E-state index in [0.717, 1.165) is 50.7 Å². The molecule has 3 rings (SSSR count). The molecule has 0 aliphatic carbocycles. The molecule has 1 fully saturated rings. The van der Waals surface area contributed by atoms with Gasteiger partial charge in [-0.25, -0.2) is 4.98 Å². The SMILES string of the molecule is CCOc1cc(C(N)c2n[nH]c(CCN3CCOCC3)n2)ccc1OC. The molecule has 0 bridgehead atoms. The summed E-state index contributed by atoms with van der Waals surface area (Å²) in [6, 6.07) is 5.23. The molecule has 8 nitrogen and oxygen atoms in total. The lowest BCUT2D eigenvalue weighted by Gasteiger charge is -2.25. The summed E-state index contributed by atoms with van der Waals surface area (Å²) in [7, 11) is 1.62. The molecule has 1 aromatic carbocycles. The molecule has 8 heteroatoms. The lowest BCUT2D eigenvalue weighted by Crippen LogP contribution is -2.37. The molecule has 142 valence electrons. The monoisotopic (exact) mass is 361 g/mol. The van der Waals surface area contributed by atoms with Crippen molar-refractivity contribution < 1.29 is 14.2 Å². The maximum absolute atomic E-state index is 6.36. The average molecular weight is 361 g/mol. The van der Waals surface area contributed by atoms with Crippen molar-refractivity contribution in [2.45, 2.75) is 19.4 Å². The molecule has 1 aliphatic heterocycles. The Morgan fingerprint density at radius 3 is 2.85 bits per heavy atom. The maximum atomic E-state index is 6.36. The van der Waals surface area contributed by atoms with Crippen LogP contribution in [0, 0.1) is 0 Å². The van der Waals surface area contributed by atoms with Gasteiger partial charge < -0.3 is 19.9 Å². The van der Waals surface area contributed by atoms with E-state index in [1.165, 1.54) is 0 Å². The molecule has 3 N–H and O–H groups in total. The summed E-state index contributed by atoms with van der Waals surface area (Å²) in [5.41, 5.74) is 7.24. The molecular formula is C18H27N5O3. The van der Waals surface area contributed by atoms with Crippen molar-refractivity contribution in [3.8, 4) is 11.5 Å². The van der Waals surface area contributed by atoms with Crippen molar-refractivity contribution in [1.82, 2.24) is 20.1 Å². The zero-order chi connectivity index (χ0) is 18.4. The molecule has 1 atom stereocenters. The summed E-state index contributed by atoms with van der Waals surface area (Å²) in [5.74, 6) is 2.78. The fourth-order valence-corrected chi connectivity index (χ4v) is 2.95. The Kier molecular flexibility index (Phi) is 6.43. The fraction of sp³-hybridized carbons (Fsp3) is 0.556. The third-order valence-electron chi connectivity index (χ3n) is 4.44. The number of aromatic amines is 1. The smallest absolute Gasteiger partial charge is 0.171 e. The molecular weight excluding hydrogens is 334 g/mol. The first-order valence-corrected chi connectivity index (χ1v) is 8.99. The number of hydrogen-bond acceptors (Lipinski definition) is 7. The standard InChI is InChI=1S/C18H27N5O3/c1-3-26-15-12-13(4-5-14(15)24-2)17(19)18-20-16(21-22-18)6-7-23-8-10-25-11-9-23/h4-5,12,17H,3,6-11,19H2,1-2H3,(H,20,21,22). The number of benzene rings is 1. The lowest BCUT2D eigenvalue weighted by molar-refractivity contribution is 0.0382. The minimum absolute atomic E-state index is 0.423. The predicted molar refractivity (Wildman–Crippen MR) is 97.5 cm³/mol. The number of ether oxygens (including phenoxy) is 3. The van der Waals surface area contributed by atoms with E-state index in [4.69, 9.17) is 19.9 Å². The Balaban J connectivity index is 1.65. The predicted octanol–water partition coefficient (Wildman–Crippen LogP) is 1.13. The van der Waals surface area contributed by atoms with Gasteiger partial charge in [0.25, 0.3) is 0 Å². The van der Waals surface area contributed by atoms with E-state index in [2.05, 4.69) is 20.1 Å². The quantitative estimate of drug-likeness (QED) is 0.727. The topological polar surface area (TPSA) is 98.5 Å². The van der Waals surface area contributed by atoms with Crippen LogP contribution >= 0.6 is 0 Å². The third-order valence-corrected chi connectivity index (χ3v) is 4.44. The van der Waals surface area contributed by atoms with Gasteiger partial charge in [-0.2, -0.15) is 5.10 Å². The summed E-state index contributed by atoms with van der Waals surface area (Å²) >= 11 is 0. The van der Waals surface area contributed by atoms with Crippen molar-refractivity contribution in [3.63, 3.8) is 0 Å². The number of morpholine rings is 1. The Labute approximate surface area is 153 Å². The first-order chi connectivity index (χ1) is 12.7. The van der Waals surface area contributed by atoms with Crippen molar-refractivity contribution >= 4 is 0 Å². The van der Waals surface area contributed by atoms with E-state index in [1.54, 1.807) is 7.11 Å². The van der Waals surface area contributed by atoms with Crippen LogP contribution in [0.15, 0.2) is 18.2 Å². The van der Waals surface area contributed by atoms with Gasteiger partial charge in [-0.3, -0.25) is 10.00 Å². The molecule has 0 radical (unpaired) electrons. The molecule has 26 heavy (non-hydrogen) atoms. The van der Waals surface area contributed by atoms with E-state index < -0.39 is 6.04 Å². The van der Waals surface area contributed by atoms with E-state index >= 15 is 0 Å². The highest BCUT2D eigenvalue weighted by Gasteiger charge is 2.18. The second kappa shape index (κ2) is 8.98. The lowest BCUT2D eigenvalue weighted by atomic mass is 10.1. The first-order valence-electron chi connectivity index (χ1n) is 8.99. The summed E-state index contributed by atoms with van der Waals surface area (Å²) < 4.78 is 16.3. The maximum Gasteiger partial charge on any atom is 0.171 e. The van der Waals surface area contributed by atoms with Crippen LogP contribution in [0.3, 0.4) is 0 Å². The van der Waals surface area contributed by atoms with Crippen molar-refractivity contribution in [1.29, 1.82) is 0 Å². The summed E-state index contributed by atoms with van der Waals surface area (Å²) in [4.78, 5) is 6.93. The van der Waals surface area contributed by atoms with E-state index in [-0.39, 0.29) is 0 Å². The van der Waals surface area contributed by atoms with Crippen molar-refractivity contribution in [3.05, 3.63) is 35.4 Å². The normalized spacial score (nSPS) is 16.4. The molecule has 0 saturated carbocycles. The van der Waals surface area contributed by atoms with Crippen LogP contribution in [-0.4, -0.2) is 66.6 Å². The Morgan fingerprint density at radius 1 is 1.31 bits per heavy atom. The summed E-state index contributed by atoms with van der Waals surface area (Å²) in [6.07, 6.45) is 0.812. The van der Waals surface area contributed by atoms with Gasteiger partial charge in [0.2, 0.25) is 0 Å². The highest BCUT2D eigenvalue weighted by molar-refractivity contribution is 5.44. The number of H-pyrrole nitrogens is 1. The second-order valence-corrected chi connectivity index (χ2v) is 6.17. The van der Waals surface area contributed by atoms with Crippen LogP contribution in [-0.2, 0) is 11.2 Å². The fourth-order valence-electron chi connectivity index (χ4n) is 2.95. The van der Waals surface area contributed by atoms with Gasteiger partial charge in [-0.05, 0) is 24.6 Å². The van der Waals surface area contributed by atoms with E-state index in [9.17, 15) is 0 Å². The van der Waals surface area contributed by atoms with Gasteiger partial charge in [0.05, 0.1) is 33.0 Å². The molecule has 1 saturated heterocycles. The number of rotatable bonds is 8. The van der Waals surface area contributed by atoms with E-state index in [0.29, 0.717) is 23.9 Å². The number of hydrogen-bond donors (Lipinski definition) is 2. The highest BCUT2D eigenvalue weighted by Crippen LogP contribution is 2.31. The van der Waals surface area contributed by atoms with Gasteiger partial charge in [-0.1, -0.05) is 6.07 Å². The summed E-state index contributed by atoms with van der Waals surface area (Å²) in [6.45, 7) is 6.95. The number of methoxy groups -OCH3 is 1. The number of nitrogens with zero attached hydrogens (tertiary/aromatic N) is 3. The molecule has 1 unspecified atom stereocenters. The Morgan fingerprint density at radius 2 is 2.12 bits per heavy atom. The average Bonchev–Trinajstić information content (AvgIpc) is 3.16. The van der Waals surface area contributed by atoms with Gasteiger partial charge >= 0.3 is 0 Å². The molecule has 2 aromatic rings. The zero-order valence-electron chi connectivity index (χ0n) is 15.4. The Bertz CT molecular complexity index is 700. The minimum Gasteiger partial charge on any atom is -0.493 e. The van der Waals surface area contributed by atoms with Crippen molar-refractivity contribution in [2.24, 2.45) is 5.73 Å². The van der Waals surface area contributed by atoms with Crippen LogP contribution in [0.4, 0.5) is 0 Å². The number of nitrogens with one attached hydrogen (secondary N) is 1. The highest BCUT2D eigenvalue weighted by atomic mass is 16.5. The Hall–Kier alpha value is -2.16. The summed E-state index contributed by atoms with van der Waals surface area (Å²) in [5, 5.41) is 7.30. The van der Waals surface area contributed by atoms with Gasteiger partial charge in [-0.15, -0.1) is 0 Å². The van der Waals surface area contributed by atoms with Crippen LogP contribution in [0.5, 0.6) is 11.5 Å². The minimum atomic E-state index is -0.423. The second-order valence-electron chi connectivity index (χ2n) is 6.17. The first kappa shape index (κ1) is 18.6. The van der Waals surface area contributed by atoms with Crippen LogP contribution in [0.1, 0.15) is 30.2 Å². The van der Waals surface area contributed by atoms with E-state index in [1.807, 2.05) is 25.1 Å². The van der Waals surface area contributed by atoms with Gasteiger partial charge in [0.15, 0.2) is 17.3 Å². The molecule has 0 amide bonds. The van der Waals surface area contributed by atoms with Crippen LogP contribution < -0.4 is 15.2 Å². The zero-order valence-corrected chi connectivity index (χ0v) is 15.4. The molecule has 1 aliphatic rings. The molecule has 1 aromatic heterocycles. The number of aromatic nitrogens is 3. The third kappa shape index (κ3) is 4.51. The van der Waals surface area contributed by atoms with Crippen LogP contribution in [0.25, 0.3) is 0 Å². The van der Waals surface area contributed by atoms with Crippen molar-refractivity contribution in [2.75, 3.05) is 46.6 Å². The van der Waals surface area contributed by atoms with Gasteiger partial charge in [0, 0.05) is 26.1 Å². The molecule has 2 heterocycles. The molecule has 0 spiro atoms. The number of nitrogens with two attached hydrogens (primary N) is 1. The largest absolute Gasteiger partial charge is 0.493 e. The van der Waals surface area contributed by atoms with Crippen LogP contribution in [0.2, 0.25) is 0 Å².